The van der Waals surface area contributed by atoms with Gasteiger partial charge in [0.2, 0.25) is 0 Å². The normalized spacial score (nSPS) is 18.6. The van der Waals surface area contributed by atoms with Crippen LogP contribution in [0.5, 0.6) is 0 Å². The Balaban J connectivity index is 2.35. The van der Waals surface area contributed by atoms with Gasteiger partial charge in [0.05, 0.1) is 5.57 Å². The molecule has 1 atom stereocenters. The highest BCUT2D eigenvalue weighted by molar-refractivity contribution is 8.13. The molecular formula is C14H15ClN2O2S. The summed E-state index contributed by atoms with van der Waals surface area (Å²) < 4.78 is 5.33. The third kappa shape index (κ3) is 3.06. The highest BCUT2D eigenvalue weighted by atomic mass is 35.5. The van der Waals surface area contributed by atoms with Crippen LogP contribution in [0.4, 0.5) is 0 Å². The lowest BCUT2D eigenvalue weighted by atomic mass is 10.00. The van der Waals surface area contributed by atoms with Gasteiger partial charge in [0.1, 0.15) is 0 Å². The van der Waals surface area contributed by atoms with E-state index in [2.05, 4.69) is 10.3 Å². The third-order valence-corrected chi connectivity index (χ3v) is 3.79. The number of carbonyl (C=O) groups excluding carboxylic acids is 1. The van der Waals surface area contributed by atoms with Crippen LogP contribution >= 0.6 is 23.4 Å². The Bertz CT molecular complexity index is 581. The van der Waals surface area contributed by atoms with Crippen molar-refractivity contribution in [3.8, 4) is 0 Å². The Kier molecular flexibility index (Phi) is 4.86. The van der Waals surface area contributed by atoms with Gasteiger partial charge >= 0.3 is 0 Å². The zero-order valence-electron chi connectivity index (χ0n) is 11.4. The number of thioether (sulfide) groups is 1. The van der Waals surface area contributed by atoms with Crippen LogP contribution in [0.2, 0.25) is 5.02 Å². The molecule has 0 aromatic heterocycles. The first-order valence-corrected chi connectivity index (χ1v) is 7.59. The molecule has 1 N–H and O–H groups in total. The second-order valence-electron chi connectivity index (χ2n) is 4.23. The molecule has 0 amide bonds. The number of methoxy groups -OCH3 is 1. The zero-order valence-corrected chi connectivity index (χ0v) is 13.0. The van der Waals surface area contributed by atoms with Crippen LogP contribution in [0, 0.1) is 0 Å². The van der Waals surface area contributed by atoms with Gasteiger partial charge in [-0.25, -0.2) is 4.99 Å². The lowest BCUT2D eigenvalue weighted by Gasteiger charge is -2.24. The van der Waals surface area contributed by atoms with E-state index in [1.807, 2.05) is 13.2 Å². The average molecular weight is 311 g/mol. The Hall–Kier alpha value is -1.30. The van der Waals surface area contributed by atoms with Gasteiger partial charge in [-0.1, -0.05) is 23.4 Å². The smallest absolute Gasteiger partial charge is 0.195 e. The lowest BCUT2D eigenvalue weighted by Crippen LogP contribution is -2.33. The number of hydrogen-bond acceptors (Lipinski definition) is 5. The molecule has 1 unspecified atom stereocenters. The van der Waals surface area contributed by atoms with Gasteiger partial charge in [-0.3, -0.25) is 4.79 Å². The molecule has 0 radical (unpaired) electrons. The summed E-state index contributed by atoms with van der Waals surface area (Å²) in [6.07, 6.45) is 1.33. The quantitative estimate of drug-likeness (QED) is 0.872. The second-order valence-corrected chi connectivity index (χ2v) is 5.46. The van der Waals surface area contributed by atoms with Gasteiger partial charge in [0.15, 0.2) is 17.2 Å². The van der Waals surface area contributed by atoms with Crippen LogP contribution in [0.25, 0.3) is 0 Å². The van der Waals surface area contributed by atoms with E-state index in [1.165, 1.54) is 11.8 Å². The van der Waals surface area contributed by atoms with E-state index in [-0.39, 0.29) is 5.78 Å². The van der Waals surface area contributed by atoms with E-state index in [0.717, 1.165) is 10.9 Å². The molecule has 1 aliphatic rings. The summed E-state index contributed by atoms with van der Waals surface area (Å²) in [7, 11) is 1.54. The number of hydrogen-bond donors (Lipinski definition) is 1. The van der Waals surface area contributed by atoms with Crippen LogP contribution in [0.15, 0.2) is 40.5 Å². The number of benzene rings is 1. The minimum Gasteiger partial charge on any atom is -0.355 e. The molecule has 1 aliphatic heterocycles. The molecule has 0 fully saturated rings. The van der Waals surface area contributed by atoms with E-state index in [9.17, 15) is 4.79 Å². The molecule has 0 spiro atoms. The van der Waals surface area contributed by atoms with Gasteiger partial charge < -0.3 is 10.1 Å². The predicted molar refractivity (Wildman–Crippen MR) is 83.4 cm³/mol. The number of ketones is 1. The summed E-state index contributed by atoms with van der Waals surface area (Å²) in [5, 5.41) is 4.44. The van der Waals surface area contributed by atoms with Crippen molar-refractivity contribution in [2.75, 3.05) is 13.4 Å². The summed E-state index contributed by atoms with van der Waals surface area (Å²) in [4.78, 5) is 16.9. The second kappa shape index (κ2) is 6.43. The number of ether oxygens (including phenoxy) is 1. The maximum atomic E-state index is 12.6. The van der Waals surface area contributed by atoms with Crippen LogP contribution in [0.3, 0.4) is 0 Å². The summed E-state index contributed by atoms with van der Waals surface area (Å²) in [6, 6.07) is 6.79. The Morgan fingerprint density at radius 2 is 2.05 bits per heavy atom. The fraction of sp³-hybridized carbons (Fsp3) is 0.286. The van der Waals surface area contributed by atoms with Gasteiger partial charge in [-0.2, -0.15) is 0 Å². The van der Waals surface area contributed by atoms with Crippen molar-refractivity contribution in [1.29, 1.82) is 0 Å². The number of nitrogens with one attached hydrogen (secondary N) is 1. The first kappa shape index (κ1) is 15.1. The fourth-order valence-electron chi connectivity index (χ4n) is 1.93. The van der Waals surface area contributed by atoms with Crippen LogP contribution in [-0.4, -0.2) is 30.5 Å². The van der Waals surface area contributed by atoms with E-state index in [4.69, 9.17) is 16.3 Å². The molecular weight excluding hydrogens is 296 g/mol. The SMILES string of the molecule is COC1N=C(SC)NC(C)=C1C(=O)c1ccc(Cl)cc1. The topological polar surface area (TPSA) is 50.7 Å². The van der Waals surface area contributed by atoms with Crippen LogP contribution in [0.1, 0.15) is 17.3 Å². The number of carbonyl (C=O) groups is 1. The molecule has 20 heavy (non-hydrogen) atoms. The summed E-state index contributed by atoms with van der Waals surface area (Å²) >= 11 is 7.32. The van der Waals surface area contributed by atoms with Crippen molar-refractivity contribution in [3.63, 3.8) is 0 Å². The third-order valence-electron chi connectivity index (χ3n) is 2.95. The van der Waals surface area contributed by atoms with Crippen molar-refractivity contribution in [2.24, 2.45) is 4.99 Å². The van der Waals surface area contributed by atoms with Crippen LogP contribution in [-0.2, 0) is 4.74 Å². The Morgan fingerprint density at radius 1 is 1.40 bits per heavy atom. The molecule has 1 heterocycles. The van der Waals surface area contributed by atoms with E-state index in [0.29, 0.717) is 16.2 Å². The molecule has 6 heteroatoms. The van der Waals surface area contributed by atoms with Gasteiger partial charge in [0.25, 0.3) is 0 Å². The molecule has 0 saturated carbocycles. The molecule has 1 aromatic carbocycles. The molecule has 0 bridgehead atoms. The maximum absolute atomic E-state index is 12.6. The number of nitrogens with zero attached hydrogens (tertiary/aromatic N) is 1. The number of Topliss-reactive ketones (excluding diaryl/α,β-unsaturated/α-hetero) is 1. The maximum Gasteiger partial charge on any atom is 0.195 e. The van der Waals surface area contributed by atoms with Crippen molar-refractivity contribution in [3.05, 3.63) is 46.1 Å². The monoisotopic (exact) mass is 310 g/mol. The number of allylic oxidation sites excluding steroid dienone is 1. The summed E-state index contributed by atoms with van der Waals surface area (Å²) in [6.45, 7) is 1.85. The highest BCUT2D eigenvalue weighted by Crippen LogP contribution is 2.23. The number of halogens is 1. The molecule has 1 aromatic rings. The average Bonchev–Trinajstić information content (AvgIpc) is 2.46. The first-order chi connectivity index (χ1) is 9.56. The van der Waals surface area contributed by atoms with E-state index < -0.39 is 6.23 Å². The highest BCUT2D eigenvalue weighted by Gasteiger charge is 2.28. The molecule has 2 rings (SSSR count). The van der Waals surface area contributed by atoms with Crippen molar-refractivity contribution in [2.45, 2.75) is 13.2 Å². The zero-order chi connectivity index (χ0) is 14.7. The van der Waals surface area contributed by atoms with Crippen molar-refractivity contribution in [1.82, 2.24) is 5.32 Å². The van der Waals surface area contributed by atoms with E-state index >= 15 is 0 Å². The Labute approximate surface area is 127 Å². The predicted octanol–water partition coefficient (Wildman–Crippen LogP) is 3.09. The molecule has 4 nitrogen and oxygen atoms in total. The van der Waals surface area contributed by atoms with Crippen molar-refractivity contribution >= 4 is 34.3 Å². The van der Waals surface area contributed by atoms with Gasteiger partial charge in [0, 0.05) is 23.4 Å². The van der Waals surface area contributed by atoms with Crippen molar-refractivity contribution < 1.29 is 9.53 Å². The largest absolute Gasteiger partial charge is 0.355 e. The number of aliphatic imine (C=N–C) groups is 1. The summed E-state index contributed by atoms with van der Waals surface area (Å²) in [5.41, 5.74) is 1.85. The van der Waals surface area contributed by atoms with E-state index in [1.54, 1.807) is 31.4 Å². The molecule has 106 valence electrons. The van der Waals surface area contributed by atoms with Gasteiger partial charge in [-0.15, -0.1) is 0 Å². The van der Waals surface area contributed by atoms with Gasteiger partial charge in [-0.05, 0) is 37.4 Å². The van der Waals surface area contributed by atoms with Crippen LogP contribution < -0.4 is 5.32 Å². The minimum atomic E-state index is -0.582. The number of amidine groups is 1. The lowest BCUT2D eigenvalue weighted by molar-refractivity contribution is 0.0929. The minimum absolute atomic E-state index is 0.109. The number of rotatable bonds is 3. The fourth-order valence-corrected chi connectivity index (χ4v) is 2.51. The molecule has 0 aliphatic carbocycles. The first-order valence-electron chi connectivity index (χ1n) is 5.99. The summed E-state index contributed by atoms with van der Waals surface area (Å²) in [5.74, 6) is -0.109. The Morgan fingerprint density at radius 3 is 2.60 bits per heavy atom. The molecule has 0 saturated heterocycles. The standard InChI is InChI=1S/C14H15ClN2O2S/c1-8-11(13(19-2)17-14(16-8)20-3)12(18)9-4-6-10(15)7-5-9/h4-7,13H,1-3H3,(H,16,17).